The maximum Gasteiger partial charge on any atom is 0.185 e. The number of hydrogen-bond donors (Lipinski definition) is 0. The molecule has 0 saturated carbocycles. The topological polar surface area (TPSA) is 34.1 Å². The van der Waals surface area contributed by atoms with Crippen molar-refractivity contribution in [1.82, 2.24) is 0 Å². The molecule has 0 unspecified atom stereocenters. The summed E-state index contributed by atoms with van der Waals surface area (Å²) >= 11 is 2.98. The van der Waals surface area contributed by atoms with E-state index in [2.05, 4.69) is 15.9 Å². The maximum atomic E-state index is 12.8. The number of carbonyl (C=O) groups excluding carboxylic acids is 2. The fourth-order valence-electron chi connectivity index (χ4n) is 0.939. The van der Waals surface area contributed by atoms with Crippen molar-refractivity contribution in [3.05, 3.63) is 46.2 Å². The van der Waals surface area contributed by atoms with E-state index in [1.54, 1.807) is 0 Å². The van der Waals surface area contributed by atoms with Gasteiger partial charge in [-0.2, -0.15) is 0 Å². The lowest BCUT2D eigenvalue weighted by atomic mass is 10.1. The normalized spacial score (nSPS) is 10.6. The Balaban J connectivity index is 2.92. The van der Waals surface area contributed by atoms with Crippen LogP contribution in [-0.4, -0.2) is 11.6 Å². The van der Waals surface area contributed by atoms with Crippen LogP contribution in [-0.2, 0) is 4.79 Å². The van der Waals surface area contributed by atoms with Crippen LogP contribution in [0.4, 0.5) is 4.39 Å². The first-order chi connectivity index (χ1) is 7.00. The summed E-state index contributed by atoms with van der Waals surface area (Å²) in [5, 5.41) is 0. The third kappa shape index (κ3) is 3.40. The van der Waals surface area contributed by atoms with Gasteiger partial charge in [0.1, 0.15) is 5.82 Å². The van der Waals surface area contributed by atoms with Crippen LogP contribution in [0.5, 0.6) is 0 Å². The van der Waals surface area contributed by atoms with E-state index in [1.807, 2.05) is 0 Å². The molecular weight excluding hydrogens is 263 g/mol. The summed E-state index contributed by atoms with van der Waals surface area (Å²) in [5.74, 6) is -0.961. The van der Waals surface area contributed by atoms with Gasteiger partial charge in [-0.05, 0) is 53.2 Å². The summed E-state index contributed by atoms with van der Waals surface area (Å²) in [6, 6.07) is 3.94. The minimum atomic E-state index is -0.429. The van der Waals surface area contributed by atoms with Gasteiger partial charge in [-0.25, -0.2) is 4.39 Å². The average Bonchev–Trinajstić information content (AvgIpc) is 2.18. The van der Waals surface area contributed by atoms with Gasteiger partial charge in [0.25, 0.3) is 0 Å². The summed E-state index contributed by atoms with van der Waals surface area (Å²) in [4.78, 5) is 22.0. The van der Waals surface area contributed by atoms with E-state index >= 15 is 0 Å². The van der Waals surface area contributed by atoms with E-state index in [-0.39, 0.29) is 16.0 Å². The molecule has 0 spiro atoms. The molecule has 1 rings (SSSR count). The van der Waals surface area contributed by atoms with Crippen LogP contribution in [0.1, 0.15) is 17.3 Å². The minimum absolute atomic E-state index is 0.204. The standard InChI is InChI=1S/C11H8BrFO2/c1-7(14)2-5-11(15)8-3-4-10(13)9(12)6-8/h2-6H,1H3/b5-2+. The second kappa shape index (κ2) is 4.98. The molecule has 0 aliphatic rings. The smallest absolute Gasteiger partial charge is 0.185 e. The third-order valence-corrected chi connectivity index (χ3v) is 2.28. The van der Waals surface area contributed by atoms with E-state index in [0.29, 0.717) is 5.56 Å². The predicted octanol–water partition coefficient (Wildman–Crippen LogP) is 2.92. The van der Waals surface area contributed by atoms with Crippen molar-refractivity contribution < 1.29 is 14.0 Å². The van der Waals surface area contributed by atoms with Crippen LogP contribution in [0.3, 0.4) is 0 Å². The highest BCUT2D eigenvalue weighted by Crippen LogP contribution is 2.17. The number of allylic oxidation sites excluding steroid dienone is 2. The summed E-state index contributed by atoms with van der Waals surface area (Å²) in [7, 11) is 0. The molecule has 2 nitrogen and oxygen atoms in total. The number of hydrogen-bond acceptors (Lipinski definition) is 2. The number of halogens is 2. The van der Waals surface area contributed by atoms with Crippen molar-refractivity contribution in [2.45, 2.75) is 6.92 Å². The Labute approximate surface area is 94.9 Å². The number of ketones is 2. The van der Waals surface area contributed by atoms with Gasteiger partial charge >= 0.3 is 0 Å². The van der Waals surface area contributed by atoms with Crippen LogP contribution in [0.15, 0.2) is 34.8 Å². The van der Waals surface area contributed by atoms with Gasteiger partial charge in [-0.15, -0.1) is 0 Å². The summed E-state index contributed by atoms with van der Waals surface area (Å²) in [6.07, 6.45) is 2.35. The van der Waals surface area contributed by atoms with Crippen molar-refractivity contribution in [3.8, 4) is 0 Å². The lowest BCUT2D eigenvalue weighted by Gasteiger charge is -1.97. The van der Waals surface area contributed by atoms with E-state index in [1.165, 1.54) is 37.3 Å². The number of benzene rings is 1. The van der Waals surface area contributed by atoms with E-state index in [0.717, 1.165) is 0 Å². The van der Waals surface area contributed by atoms with Crippen LogP contribution in [0.25, 0.3) is 0 Å². The third-order valence-electron chi connectivity index (χ3n) is 1.67. The Bertz CT molecular complexity index is 438. The molecule has 0 N–H and O–H groups in total. The highest BCUT2D eigenvalue weighted by molar-refractivity contribution is 9.10. The molecule has 4 heteroatoms. The summed E-state index contributed by atoms with van der Waals surface area (Å²) in [5.41, 5.74) is 0.334. The second-order valence-electron chi connectivity index (χ2n) is 2.94. The molecule has 0 atom stereocenters. The molecule has 15 heavy (non-hydrogen) atoms. The Kier molecular flexibility index (Phi) is 3.91. The van der Waals surface area contributed by atoms with E-state index in [9.17, 15) is 14.0 Å². The summed E-state index contributed by atoms with van der Waals surface area (Å²) < 4.78 is 13.1. The molecule has 0 radical (unpaired) electrons. The highest BCUT2D eigenvalue weighted by atomic mass is 79.9. The van der Waals surface area contributed by atoms with E-state index in [4.69, 9.17) is 0 Å². The van der Waals surface area contributed by atoms with Gasteiger partial charge in [0.05, 0.1) is 4.47 Å². The first kappa shape index (κ1) is 11.8. The highest BCUT2D eigenvalue weighted by Gasteiger charge is 2.05. The molecule has 0 amide bonds. The second-order valence-corrected chi connectivity index (χ2v) is 3.79. The average molecular weight is 271 g/mol. The zero-order valence-corrected chi connectivity index (χ0v) is 9.55. The molecule has 0 saturated heterocycles. The lowest BCUT2D eigenvalue weighted by Crippen LogP contribution is -1.96. The fourth-order valence-corrected chi connectivity index (χ4v) is 1.32. The SMILES string of the molecule is CC(=O)/C=C/C(=O)c1ccc(F)c(Br)c1. The quantitative estimate of drug-likeness (QED) is 0.625. The summed E-state index contributed by atoms with van der Waals surface area (Å²) in [6.45, 7) is 1.35. The monoisotopic (exact) mass is 270 g/mol. The van der Waals surface area contributed by atoms with Crippen molar-refractivity contribution >= 4 is 27.5 Å². The lowest BCUT2D eigenvalue weighted by molar-refractivity contribution is -0.112. The van der Waals surface area contributed by atoms with Crippen LogP contribution in [0.2, 0.25) is 0 Å². The van der Waals surface area contributed by atoms with Gasteiger partial charge in [-0.3, -0.25) is 9.59 Å². The van der Waals surface area contributed by atoms with Crippen LogP contribution in [0, 0.1) is 5.82 Å². The van der Waals surface area contributed by atoms with Gasteiger partial charge < -0.3 is 0 Å². The first-order valence-electron chi connectivity index (χ1n) is 4.18. The molecule has 0 heterocycles. The zero-order chi connectivity index (χ0) is 11.4. The molecule has 78 valence electrons. The molecule has 0 aliphatic carbocycles. The number of rotatable bonds is 3. The largest absolute Gasteiger partial charge is 0.295 e. The van der Waals surface area contributed by atoms with E-state index < -0.39 is 5.82 Å². The minimum Gasteiger partial charge on any atom is -0.295 e. The van der Waals surface area contributed by atoms with Crippen LogP contribution >= 0.6 is 15.9 Å². The molecule has 0 bridgehead atoms. The van der Waals surface area contributed by atoms with Crippen molar-refractivity contribution in [2.75, 3.05) is 0 Å². The molecular formula is C11H8BrFO2. The zero-order valence-electron chi connectivity index (χ0n) is 7.96. The molecule has 1 aromatic rings. The van der Waals surface area contributed by atoms with Crippen molar-refractivity contribution in [3.63, 3.8) is 0 Å². The Morgan fingerprint density at radius 1 is 1.33 bits per heavy atom. The molecule has 0 fully saturated rings. The van der Waals surface area contributed by atoms with Gasteiger partial charge in [-0.1, -0.05) is 0 Å². The number of carbonyl (C=O) groups is 2. The Morgan fingerprint density at radius 2 is 2.00 bits per heavy atom. The van der Waals surface area contributed by atoms with Gasteiger partial charge in [0, 0.05) is 5.56 Å². The van der Waals surface area contributed by atoms with Gasteiger partial charge in [0.2, 0.25) is 0 Å². The molecule has 1 aromatic carbocycles. The van der Waals surface area contributed by atoms with Crippen LogP contribution < -0.4 is 0 Å². The first-order valence-corrected chi connectivity index (χ1v) is 4.98. The Hall–Kier alpha value is -1.29. The fraction of sp³-hybridized carbons (Fsp3) is 0.0909. The van der Waals surface area contributed by atoms with Gasteiger partial charge in [0.15, 0.2) is 11.6 Å². The predicted molar refractivity (Wildman–Crippen MR) is 58.3 cm³/mol. The molecule has 0 aromatic heterocycles. The maximum absolute atomic E-state index is 12.8. The van der Waals surface area contributed by atoms with Crippen molar-refractivity contribution in [2.24, 2.45) is 0 Å². The van der Waals surface area contributed by atoms with Crippen molar-refractivity contribution in [1.29, 1.82) is 0 Å². The Morgan fingerprint density at radius 3 is 2.53 bits per heavy atom. The molecule has 0 aliphatic heterocycles.